The molecule has 1 N–H and O–H groups in total. The number of nitrogens with one attached hydrogen (secondary N) is 1. The zero-order chi connectivity index (χ0) is 14.5. The second-order valence-corrected chi connectivity index (χ2v) is 6.57. The first kappa shape index (κ1) is 15.3. The van der Waals surface area contributed by atoms with Crippen LogP contribution in [-0.4, -0.2) is 19.1 Å². The summed E-state index contributed by atoms with van der Waals surface area (Å²) in [5.74, 6) is 1.01. The molecule has 0 spiro atoms. The Morgan fingerprint density at radius 3 is 2.75 bits per heavy atom. The maximum atomic E-state index is 5.98. The van der Waals surface area contributed by atoms with E-state index in [-0.39, 0.29) is 0 Å². The van der Waals surface area contributed by atoms with E-state index in [0.29, 0.717) is 0 Å². The van der Waals surface area contributed by atoms with Crippen LogP contribution in [0.4, 0.5) is 5.82 Å². The molecule has 2 rings (SSSR count). The van der Waals surface area contributed by atoms with Gasteiger partial charge in [0.1, 0.15) is 5.82 Å². The lowest BCUT2D eigenvalue weighted by atomic mass is 10.2. The smallest absolute Gasteiger partial charge is 0.129 e. The van der Waals surface area contributed by atoms with Gasteiger partial charge in [0.05, 0.1) is 10.9 Å². The lowest BCUT2D eigenvalue weighted by Gasteiger charge is -2.19. The summed E-state index contributed by atoms with van der Waals surface area (Å²) in [7, 11) is 4.03. The minimum atomic E-state index is 0.830. The number of halogens is 1. The average Bonchev–Trinajstić information content (AvgIpc) is 2.84. The van der Waals surface area contributed by atoms with Crippen molar-refractivity contribution >= 4 is 28.8 Å². The number of anilines is 1. The fraction of sp³-hybridized carbons (Fsp3) is 0.400. The van der Waals surface area contributed by atoms with Crippen molar-refractivity contribution in [3.63, 3.8) is 0 Å². The Balaban J connectivity index is 2.19. The van der Waals surface area contributed by atoms with Gasteiger partial charge in [-0.15, -0.1) is 11.3 Å². The van der Waals surface area contributed by atoms with E-state index in [1.54, 1.807) is 11.3 Å². The maximum absolute atomic E-state index is 5.98. The first-order valence-corrected chi connectivity index (χ1v) is 7.91. The monoisotopic (exact) mass is 309 g/mol. The van der Waals surface area contributed by atoms with Crippen LogP contribution < -0.4 is 10.2 Å². The van der Waals surface area contributed by atoms with E-state index in [9.17, 15) is 0 Å². The van der Waals surface area contributed by atoms with Crippen LogP contribution in [0.2, 0.25) is 4.34 Å². The highest BCUT2D eigenvalue weighted by molar-refractivity contribution is 7.16. The van der Waals surface area contributed by atoms with Gasteiger partial charge in [0.15, 0.2) is 0 Å². The molecule has 0 aromatic carbocycles. The van der Waals surface area contributed by atoms with Gasteiger partial charge in [0.25, 0.3) is 0 Å². The molecule has 0 aliphatic carbocycles. The van der Waals surface area contributed by atoms with Crippen LogP contribution in [0, 0.1) is 0 Å². The number of aromatic nitrogens is 1. The number of pyridine rings is 1. The summed E-state index contributed by atoms with van der Waals surface area (Å²) in [5.41, 5.74) is 2.40. The Bertz CT molecular complexity index is 568. The summed E-state index contributed by atoms with van der Waals surface area (Å²) in [6.07, 6.45) is 0.948. The Hall–Kier alpha value is -1.10. The minimum Gasteiger partial charge on any atom is -0.355 e. The molecular weight excluding hydrogens is 290 g/mol. The molecule has 108 valence electrons. The largest absolute Gasteiger partial charge is 0.355 e. The van der Waals surface area contributed by atoms with Crippen molar-refractivity contribution < 1.29 is 0 Å². The lowest BCUT2D eigenvalue weighted by Crippen LogP contribution is -2.18. The summed E-state index contributed by atoms with van der Waals surface area (Å²) >= 11 is 7.60. The Labute approximate surface area is 129 Å². The third-order valence-electron chi connectivity index (χ3n) is 3.08. The van der Waals surface area contributed by atoms with Gasteiger partial charge in [-0.25, -0.2) is 4.98 Å². The van der Waals surface area contributed by atoms with Crippen LogP contribution in [0.5, 0.6) is 0 Å². The van der Waals surface area contributed by atoms with E-state index in [4.69, 9.17) is 16.6 Å². The molecule has 5 heteroatoms. The van der Waals surface area contributed by atoms with Gasteiger partial charge in [-0.1, -0.05) is 18.5 Å². The molecule has 0 amide bonds. The van der Waals surface area contributed by atoms with Gasteiger partial charge in [-0.05, 0) is 43.3 Å². The van der Waals surface area contributed by atoms with Crippen LogP contribution in [0.25, 0.3) is 0 Å². The molecular formula is C15H20ClN3S. The summed E-state index contributed by atoms with van der Waals surface area (Å²) in [4.78, 5) is 8.12. The van der Waals surface area contributed by atoms with Gasteiger partial charge < -0.3 is 10.2 Å². The number of rotatable bonds is 6. The highest BCUT2D eigenvalue weighted by Crippen LogP contribution is 2.24. The van der Waals surface area contributed by atoms with Gasteiger partial charge >= 0.3 is 0 Å². The Morgan fingerprint density at radius 2 is 2.15 bits per heavy atom. The molecule has 2 aromatic rings. The van der Waals surface area contributed by atoms with E-state index in [1.807, 2.05) is 13.1 Å². The molecule has 0 saturated heterocycles. The third-order valence-corrected chi connectivity index (χ3v) is 4.30. The highest BCUT2D eigenvalue weighted by atomic mass is 35.5. The van der Waals surface area contributed by atoms with Crippen LogP contribution >= 0.6 is 22.9 Å². The second-order valence-electron chi connectivity index (χ2n) is 4.77. The van der Waals surface area contributed by atoms with Gasteiger partial charge in [-0.3, -0.25) is 0 Å². The standard InChI is InChI=1S/C15H20ClN3S/c1-4-12-7-11(9-17-2)8-15(18-12)19(3)10-13-5-6-14(16)20-13/h5-8,17H,4,9-10H2,1-3H3. The quantitative estimate of drug-likeness (QED) is 0.881. The van der Waals surface area contributed by atoms with Crippen molar-refractivity contribution in [1.29, 1.82) is 0 Å². The van der Waals surface area contributed by atoms with E-state index in [2.05, 4.69) is 42.4 Å². The van der Waals surface area contributed by atoms with Crippen molar-refractivity contribution in [3.8, 4) is 0 Å². The fourth-order valence-electron chi connectivity index (χ4n) is 2.07. The van der Waals surface area contributed by atoms with Crippen molar-refractivity contribution in [1.82, 2.24) is 10.3 Å². The molecule has 0 atom stereocenters. The fourth-order valence-corrected chi connectivity index (χ4v) is 3.21. The predicted octanol–water partition coefficient (Wildman–Crippen LogP) is 3.71. The van der Waals surface area contributed by atoms with Crippen LogP contribution in [0.15, 0.2) is 24.3 Å². The second kappa shape index (κ2) is 7.07. The van der Waals surface area contributed by atoms with E-state index in [0.717, 1.165) is 35.4 Å². The normalized spacial score (nSPS) is 10.8. The SMILES string of the molecule is CCc1cc(CNC)cc(N(C)Cc2ccc(Cl)s2)n1. The maximum Gasteiger partial charge on any atom is 0.129 e. The molecule has 20 heavy (non-hydrogen) atoms. The molecule has 0 fully saturated rings. The average molecular weight is 310 g/mol. The third kappa shape index (κ3) is 3.95. The van der Waals surface area contributed by atoms with Gasteiger partial charge in [-0.2, -0.15) is 0 Å². The van der Waals surface area contributed by atoms with Gasteiger partial charge in [0.2, 0.25) is 0 Å². The molecule has 0 unspecified atom stereocenters. The molecule has 0 bridgehead atoms. The lowest BCUT2D eigenvalue weighted by molar-refractivity contribution is 0.806. The minimum absolute atomic E-state index is 0.830. The zero-order valence-electron chi connectivity index (χ0n) is 12.1. The summed E-state index contributed by atoms with van der Waals surface area (Å²) in [5, 5.41) is 3.19. The van der Waals surface area contributed by atoms with Crippen LogP contribution in [-0.2, 0) is 19.5 Å². The van der Waals surface area contributed by atoms with Crippen molar-refractivity contribution in [2.75, 3.05) is 19.0 Å². The predicted molar refractivity (Wildman–Crippen MR) is 87.8 cm³/mol. The van der Waals surface area contributed by atoms with E-state index < -0.39 is 0 Å². The molecule has 0 saturated carbocycles. The number of hydrogen-bond donors (Lipinski definition) is 1. The zero-order valence-corrected chi connectivity index (χ0v) is 13.7. The van der Waals surface area contributed by atoms with E-state index >= 15 is 0 Å². The first-order valence-electron chi connectivity index (χ1n) is 6.72. The number of nitrogens with zero attached hydrogens (tertiary/aromatic N) is 2. The Kier molecular flexibility index (Phi) is 5.40. The molecule has 0 aliphatic rings. The highest BCUT2D eigenvalue weighted by Gasteiger charge is 2.08. The Morgan fingerprint density at radius 1 is 1.35 bits per heavy atom. The summed E-state index contributed by atoms with van der Waals surface area (Å²) in [6, 6.07) is 8.32. The van der Waals surface area contributed by atoms with E-state index in [1.165, 1.54) is 10.4 Å². The van der Waals surface area contributed by atoms with Crippen molar-refractivity contribution in [3.05, 3.63) is 44.7 Å². The van der Waals surface area contributed by atoms with Crippen molar-refractivity contribution in [2.45, 2.75) is 26.4 Å². The first-order chi connectivity index (χ1) is 9.62. The number of thiophene rings is 1. The topological polar surface area (TPSA) is 28.2 Å². The molecule has 0 aliphatic heterocycles. The van der Waals surface area contributed by atoms with Crippen LogP contribution in [0.3, 0.4) is 0 Å². The molecule has 3 nitrogen and oxygen atoms in total. The van der Waals surface area contributed by atoms with Gasteiger partial charge in [0, 0.05) is 24.2 Å². The number of aryl methyl sites for hydroxylation is 1. The summed E-state index contributed by atoms with van der Waals surface area (Å²) in [6.45, 7) is 3.83. The van der Waals surface area contributed by atoms with Crippen molar-refractivity contribution in [2.24, 2.45) is 0 Å². The summed E-state index contributed by atoms with van der Waals surface area (Å²) < 4.78 is 0.833. The molecule has 2 aromatic heterocycles. The van der Waals surface area contributed by atoms with Crippen LogP contribution in [0.1, 0.15) is 23.1 Å². The number of hydrogen-bond acceptors (Lipinski definition) is 4. The molecule has 0 radical (unpaired) electrons. The molecule has 2 heterocycles.